The van der Waals surface area contributed by atoms with Crippen LogP contribution in [-0.4, -0.2) is 31.8 Å². The van der Waals surface area contributed by atoms with E-state index in [1.165, 1.54) is 36.9 Å². The molecule has 2 N–H and O–H groups in total. The van der Waals surface area contributed by atoms with Crippen molar-refractivity contribution in [1.29, 1.82) is 0 Å². The summed E-state index contributed by atoms with van der Waals surface area (Å²) in [7, 11) is 2.97. The number of rotatable bonds is 7. The normalized spacial score (nSPS) is 10.3. The maximum atomic E-state index is 12.3. The van der Waals surface area contributed by atoms with E-state index in [0.717, 1.165) is 4.88 Å². The van der Waals surface area contributed by atoms with Crippen LogP contribution in [0.4, 0.5) is 5.69 Å². The summed E-state index contributed by atoms with van der Waals surface area (Å²) >= 11 is 2.74. The third-order valence-electron chi connectivity index (χ3n) is 3.96. The number of hydrogen-bond acceptors (Lipinski definition) is 7. The van der Waals surface area contributed by atoms with Crippen LogP contribution in [0.3, 0.4) is 0 Å². The Hall–Kier alpha value is -3.17. The molecule has 0 bridgehead atoms. The van der Waals surface area contributed by atoms with Crippen LogP contribution in [0.1, 0.15) is 20.1 Å². The highest BCUT2D eigenvalue weighted by molar-refractivity contribution is 7.14. The van der Waals surface area contributed by atoms with Crippen molar-refractivity contribution in [1.82, 2.24) is 5.32 Å². The molecule has 2 aromatic heterocycles. The van der Waals surface area contributed by atoms with E-state index >= 15 is 0 Å². The van der Waals surface area contributed by atoms with Crippen molar-refractivity contribution in [3.63, 3.8) is 0 Å². The number of anilines is 1. The van der Waals surface area contributed by atoms with Crippen LogP contribution in [0.15, 0.2) is 47.2 Å². The number of carbonyl (C=O) groups is 3. The fourth-order valence-electron chi connectivity index (χ4n) is 2.46. The van der Waals surface area contributed by atoms with Gasteiger partial charge in [0, 0.05) is 21.9 Å². The van der Waals surface area contributed by atoms with Crippen LogP contribution in [0.2, 0.25) is 0 Å². The topological polar surface area (TPSA) is 93.7 Å². The summed E-state index contributed by atoms with van der Waals surface area (Å²) in [5, 5.41) is 8.70. The largest absolute Gasteiger partial charge is 0.497 e. The Morgan fingerprint density at radius 3 is 2.52 bits per heavy atom. The Balaban J connectivity index is 1.57. The lowest BCUT2D eigenvalue weighted by molar-refractivity contribution is -0.136. The van der Waals surface area contributed by atoms with Crippen LogP contribution in [0, 0.1) is 0 Å². The Morgan fingerprint density at radius 2 is 1.83 bits per heavy atom. The van der Waals surface area contributed by atoms with E-state index in [1.807, 2.05) is 5.38 Å². The van der Waals surface area contributed by atoms with Crippen molar-refractivity contribution in [3.8, 4) is 11.5 Å². The van der Waals surface area contributed by atoms with Gasteiger partial charge in [-0.15, -0.1) is 11.3 Å². The highest BCUT2D eigenvalue weighted by atomic mass is 32.1. The lowest BCUT2D eigenvalue weighted by Crippen LogP contribution is -2.34. The maximum Gasteiger partial charge on any atom is 0.313 e. The molecule has 0 radical (unpaired) electrons. The first-order chi connectivity index (χ1) is 14.0. The predicted molar refractivity (Wildman–Crippen MR) is 112 cm³/mol. The van der Waals surface area contributed by atoms with Gasteiger partial charge in [0.25, 0.3) is 0 Å². The number of carbonyl (C=O) groups excluding carboxylic acids is 3. The molecule has 0 aliphatic carbocycles. The van der Waals surface area contributed by atoms with Gasteiger partial charge in [0.15, 0.2) is 0 Å². The lowest BCUT2D eigenvalue weighted by atomic mass is 10.2. The second kappa shape index (κ2) is 9.35. The Bertz CT molecular complexity index is 1030. The van der Waals surface area contributed by atoms with Crippen molar-refractivity contribution >= 4 is 46.0 Å². The van der Waals surface area contributed by atoms with E-state index in [0.29, 0.717) is 27.6 Å². The maximum absolute atomic E-state index is 12.3. The van der Waals surface area contributed by atoms with Crippen molar-refractivity contribution in [2.75, 3.05) is 19.5 Å². The van der Waals surface area contributed by atoms with E-state index in [-0.39, 0.29) is 12.3 Å². The van der Waals surface area contributed by atoms with Crippen LogP contribution in [0.5, 0.6) is 11.5 Å². The van der Waals surface area contributed by atoms with E-state index in [4.69, 9.17) is 9.47 Å². The Labute approximate surface area is 175 Å². The van der Waals surface area contributed by atoms with Gasteiger partial charge in [-0.05, 0) is 35.7 Å². The molecule has 1 aromatic carbocycles. The Morgan fingerprint density at radius 1 is 1.00 bits per heavy atom. The smallest absolute Gasteiger partial charge is 0.313 e. The number of ketones is 1. The van der Waals surface area contributed by atoms with Crippen LogP contribution in [0.25, 0.3) is 0 Å². The number of amides is 2. The average Bonchev–Trinajstić information content (AvgIpc) is 3.44. The monoisotopic (exact) mass is 430 g/mol. The molecule has 7 nitrogen and oxygen atoms in total. The second-order valence-corrected chi connectivity index (χ2v) is 7.76. The molecule has 0 saturated carbocycles. The van der Waals surface area contributed by atoms with E-state index in [9.17, 15) is 14.4 Å². The third-order valence-corrected chi connectivity index (χ3v) is 5.72. The van der Waals surface area contributed by atoms with E-state index < -0.39 is 11.8 Å². The minimum atomic E-state index is -0.820. The standard InChI is InChI=1S/C20H18N2O5S2/c1-26-13-3-5-15(16(9-13)27-2)22-20(25)19(24)21-10-14-4-6-17(29-14)18(23)12-7-8-28-11-12/h3-9,11H,10H2,1-2H3,(H,21,24)(H,22,25). The summed E-state index contributed by atoms with van der Waals surface area (Å²) in [5.41, 5.74) is 0.994. The zero-order chi connectivity index (χ0) is 20.8. The molecule has 0 fully saturated rings. The quantitative estimate of drug-likeness (QED) is 0.443. The van der Waals surface area contributed by atoms with E-state index in [2.05, 4.69) is 10.6 Å². The summed E-state index contributed by atoms with van der Waals surface area (Å²) in [6, 6.07) is 10.1. The third kappa shape index (κ3) is 5.01. The summed E-state index contributed by atoms with van der Waals surface area (Å²) in [4.78, 5) is 38.0. The Kier molecular flexibility index (Phi) is 6.63. The number of nitrogens with one attached hydrogen (secondary N) is 2. The van der Waals surface area contributed by atoms with Gasteiger partial charge in [-0.1, -0.05) is 0 Å². The number of benzene rings is 1. The fraction of sp³-hybridized carbons (Fsp3) is 0.150. The zero-order valence-corrected chi connectivity index (χ0v) is 17.3. The number of methoxy groups -OCH3 is 2. The average molecular weight is 431 g/mol. The SMILES string of the molecule is COc1ccc(NC(=O)C(=O)NCc2ccc(C(=O)c3ccsc3)s2)c(OC)c1. The summed E-state index contributed by atoms with van der Waals surface area (Å²) in [5.74, 6) is -0.727. The second-order valence-electron chi connectivity index (χ2n) is 5.81. The van der Waals surface area contributed by atoms with Crippen LogP contribution in [-0.2, 0) is 16.1 Å². The minimum absolute atomic E-state index is 0.0572. The van der Waals surface area contributed by atoms with Crippen LogP contribution >= 0.6 is 22.7 Å². The molecule has 3 rings (SSSR count). The van der Waals surface area contributed by atoms with Gasteiger partial charge in [-0.2, -0.15) is 11.3 Å². The first-order valence-corrected chi connectivity index (χ1v) is 10.2. The molecular formula is C20H18N2O5S2. The molecule has 0 saturated heterocycles. The first-order valence-electron chi connectivity index (χ1n) is 8.48. The van der Waals surface area contributed by atoms with E-state index in [1.54, 1.807) is 41.8 Å². The first kappa shape index (κ1) is 20.6. The molecule has 0 atom stereocenters. The molecule has 2 heterocycles. The molecule has 0 aliphatic heterocycles. The van der Waals surface area contributed by atoms with Gasteiger partial charge >= 0.3 is 11.8 Å². The predicted octanol–water partition coefficient (Wildman–Crippen LogP) is 3.31. The molecule has 150 valence electrons. The van der Waals surface area contributed by atoms with Crippen molar-refractivity contribution in [3.05, 3.63) is 62.5 Å². The molecule has 9 heteroatoms. The lowest BCUT2D eigenvalue weighted by Gasteiger charge is -2.11. The van der Waals surface area contributed by atoms with Gasteiger partial charge in [0.1, 0.15) is 11.5 Å². The molecule has 3 aromatic rings. The molecule has 0 aliphatic rings. The molecule has 2 amide bonds. The van der Waals surface area contributed by atoms with Gasteiger partial charge in [-0.25, -0.2) is 0 Å². The highest BCUT2D eigenvalue weighted by Crippen LogP contribution is 2.29. The molecule has 29 heavy (non-hydrogen) atoms. The zero-order valence-electron chi connectivity index (χ0n) is 15.7. The van der Waals surface area contributed by atoms with Gasteiger partial charge < -0.3 is 20.1 Å². The summed E-state index contributed by atoms with van der Waals surface area (Å²) in [6.07, 6.45) is 0. The fourth-order valence-corrected chi connectivity index (χ4v) is 4.00. The number of thiophene rings is 2. The van der Waals surface area contributed by atoms with Gasteiger partial charge in [0.2, 0.25) is 5.78 Å². The summed E-state index contributed by atoms with van der Waals surface area (Å²) in [6.45, 7) is 0.146. The highest BCUT2D eigenvalue weighted by Gasteiger charge is 2.17. The molecule has 0 unspecified atom stereocenters. The molecular weight excluding hydrogens is 412 g/mol. The summed E-state index contributed by atoms with van der Waals surface area (Å²) < 4.78 is 10.3. The van der Waals surface area contributed by atoms with Crippen molar-refractivity contribution < 1.29 is 23.9 Å². The number of hydrogen-bond donors (Lipinski definition) is 2. The van der Waals surface area contributed by atoms with Gasteiger partial charge in [-0.3, -0.25) is 14.4 Å². The number of ether oxygens (including phenoxy) is 2. The van der Waals surface area contributed by atoms with Crippen molar-refractivity contribution in [2.24, 2.45) is 0 Å². The molecule has 0 spiro atoms. The van der Waals surface area contributed by atoms with Crippen LogP contribution < -0.4 is 20.1 Å². The van der Waals surface area contributed by atoms with Crippen molar-refractivity contribution in [2.45, 2.75) is 6.54 Å². The van der Waals surface area contributed by atoms with Gasteiger partial charge in [0.05, 0.1) is 31.3 Å². The minimum Gasteiger partial charge on any atom is -0.497 e.